The van der Waals surface area contributed by atoms with Gasteiger partial charge in [-0.2, -0.15) is 0 Å². The molecule has 0 saturated heterocycles. The predicted molar refractivity (Wildman–Crippen MR) is 172 cm³/mol. The van der Waals surface area contributed by atoms with Crippen molar-refractivity contribution in [3.8, 4) is 28.4 Å². The van der Waals surface area contributed by atoms with E-state index < -0.39 is 0 Å². The van der Waals surface area contributed by atoms with E-state index in [0.717, 1.165) is 17.2 Å². The summed E-state index contributed by atoms with van der Waals surface area (Å²) in [6.07, 6.45) is 0. The highest BCUT2D eigenvalue weighted by molar-refractivity contribution is 5.97. The Morgan fingerprint density at radius 3 is 1.14 bits per heavy atom. The molecule has 0 fully saturated rings. The number of ketones is 3. The van der Waals surface area contributed by atoms with Crippen LogP contribution in [-0.4, -0.2) is 38.7 Å². The maximum Gasteiger partial charge on any atom is 0.159 e. The number of carbonyl (C=O) groups is 3. The molecule has 0 aliphatic carbocycles. The summed E-state index contributed by atoms with van der Waals surface area (Å²) in [6.45, 7) is 4.55. The Kier molecular flexibility index (Phi) is 11.8. The maximum absolute atomic E-state index is 10.8. The summed E-state index contributed by atoms with van der Waals surface area (Å²) >= 11 is 0. The van der Waals surface area contributed by atoms with E-state index in [1.807, 2.05) is 24.3 Å². The summed E-state index contributed by atoms with van der Waals surface area (Å²) in [6, 6.07) is 34.4. The summed E-state index contributed by atoms with van der Waals surface area (Å²) < 4.78 is 15.4. The van der Waals surface area contributed by atoms with Crippen LogP contribution in [0, 0.1) is 0 Å². The van der Waals surface area contributed by atoms with E-state index in [0.29, 0.717) is 16.7 Å². The van der Waals surface area contributed by atoms with Crippen molar-refractivity contribution in [3.05, 3.63) is 126 Å². The van der Waals surface area contributed by atoms with Crippen LogP contribution in [0.15, 0.2) is 109 Å². The Hall–Kier alpha value is -5.23. The van der Waals surface area contributed by atoms with Gasteiger partial charge in [0.15, 0.2) is 17.3 Å². The molecule has 0 saturated carbocycles. The zero-order valence-electron chi connectivity index (χ0n) is 25.3. The van der Waals surface area contributed by atoms with Crippen LogP contribution in [0.1, 0.15) is 51.8 Å². The van der Waals surface area contributed by atoms with Gasteiger partial charge in [0.2, 0.25) is 0 Å². The predicted octanol–water partition coefficient (Wildman–Crippen LogP) is 8.51. The van der Waals surface area contributed by atoms with Crippen LogP contribution in [0.2, 0.25) is 0 Å². The van der Waals surface area contributed by atoms with Crippen LogP contribution in [0.25, 0.3) is 21.9 Å². The molecule has 0 N–H and O–H groups in total. The fourth-order valence-corrected chi connectivity index (χ4v) is 4.08. The standard InChI is InChI=1S/C18H16O2.C10H10O2.C9H10O2/c1-19-17-8-5-13(6-9-17)14-3-4-16-12-18(20-2)10-7-15(16)11-14;1-7(11)9-3-5-10(6-4-9)8(2)12;1-7(10)8-3-5-9(11-2)6-4-8/h3-12H,1-2H3;3-6H,1-2H3;3-6H,1-2H3. The van der Waals surface area contributed by atoms with Gasteiger partial charge in [-0.1, -0.05) is 54.6 Å². The van der Waals surface area contributed by atoms with E-state index in [1.54, 1.807) is 76.8 Å². The highest BCUT2D eigenvalue weighted by atomic mass is 16.5. The van der Waals surface area contributed by atoms with Gasteiger partial charge in [0.05, 0.1) is 21.3 Å². The Balaban J connectivity index is 0.000000190. The molecule has 5 aromatic rings. The Labute approximate surface area is 252 Å². The van der Waals surface area contributed by atoms with Crippen LogP contribution in [0.3, 0.4) is 0 Å². The Bertz CT molecular complexity index is 1640. The number of fused-ring (bicyclic) bond motifs is 1. The number of carbonyl (C=O) groups excluding carboxylic acids is 3. The van der Waals surface area contributed by atoms with Crippen molar-refractivity contribution in [1.82, 2.24) is 0 Å². The lowest BCUT2D eigenvalue weighted by molar-refractivity contribution is 0.100. The number of ether oxygens (including phenoxy) is 3. The molecule has 0 heterocycles. The molecule has 5 rings (SSSR count). The molecular formula is C37H36O6. The van der Waals surface area contributed by atoms with Gasteiger partial charge in [0.1, 0.15) is 17.2 Å². The summed E-state index contributed by atoms with van der Waals surface area (Å²) in [7, 11) is 4.97. The average molecular weight is 577 g/mol. The van der Waals surface area contributed by atoms with Crippen LogP contribution in [0.4, 0.5) is 0 Å². The molecule has 0 bridgehead atoms. The van der Waals surface area contributed by atoms with Crippen LogP contribution in [-0.2, 0) is 0 Å². The van der Waals surface area contributed by atoms with Gasteiger partial charge in [-0.3, -0.25) is 14.4 Å². The van der Waals surface area contributed by atoms with Gasteiger partial charge in [-0.25, -0.2) is 0 Å². The fourth-order valence-electron chi connectivity index (χ4n) is 4.08. The third-order valence-electron chi connectivity index (χ3n) is 6.67. The van der Waals surface area contributed by atoms with E-state index in [9.17, 15) is 14.4 Å². The molecule has 0 unspecified atom stereocenters. The van der Waals surface area contributed by atoms with Crippen molar-refractivity contribution in [2.24, 2.45) is 0 Å². The van der Waals surface area contributed by atoms with Crippen molar-refractivity contribution in [3.63, 3.8) is 0 Å². The third kappa shape index (κ3) is 9.40. The molecule has 0 aliphatic heterocycles. The van der Waals surface area contributed by atoms with E-state index >= 15 is 0 Å². The zero-order valence-corrected chi connectivity index (χ0v) is 25.3. The van der Waals surface area contributed by atoms with Crippen molar-refractivity contribution < 1.29 is 28.6 Å². The summed E-state index contributed by atoms with van der Waals surface area (Å²) in [4.78, 5) is 32.5. The van der Waals surface area contributed by atoms with E-state index in [4.69, 9.17) is 14.2 Å². The minimum absolute atomic E-state index is 0.0186. The number of benzene rings is 5. The van der Waals surface area contributed by atoms with Crippen LogP contribution in [0.5, 0.6) is 17.2 Å². The summed E-state index contributed by atoms with van der Waals surface area (Å²) in [5.41, 5.74) is 4.37. The monoisotopic (exact) mass is 576 g/mol. The third-order valence-corrected chi connectivity index (χ3v) is 6.67. The lowest BCUT2D eigenvalue weighted by atomic mass is 10.0. The molecule has 0 spiro atoms. The molecule has 0 aromatic heterocycles. The first-order chi connectivity index (χ1) is 20.6. The first kappa shape index (κ1) is 32.3. The second-order valence-corrected chi connectivity index (χ2v) is 9.63. The lowest BCUT2D eigenvalue weighted by Crippen LogP contribution is -1.95. The molecule has 0 atom stereocenters. The number of Topliss-reactive ketones (excluding diaryl/α,β-unsaturated/α-hetero) is 3. The quantitative estimate of drug-likeness (QED) is 0.181. The fraction of sp³-hybridized carbons (Fsp3) is 0.162. The Morgan fingerprint density at radius 1 is 0.395 bits per heavy atom. The van der Waals surface area contributed by atoms with E-state index in [-0.39, 0.29) is 17.3 Å². The smallest absolute Gasteiger partial charge is 0.159 e. The van der Waals surface area contributed by atoms with Crippen molar-refractivity contribution in [2.75, 3.05) is 21.3 Å². The second-order valence-electron chi connectivity index (χ2n) is 9.63. The highest BCUT2D eigenvalue weighted by Gasteiger charge is 2.03. The molecule has 5 aromatic carbocycles. The molecule has 0 amide bonds. The van der Waals surface area contributed by atoms with Gasteiger partial charge in [-0.05, 0) is 97.3 Å². The molecule has 6 heteroatoms. The first-order valence-electron chi connectivity index (χ1n) is 13.6. The number of hydrogen-bond acceptors (Lipinski definition) is 6. The summed E-state index contributed by atoms with van der Waals surface area (Å²) in [5, 5.41) is 2.39. The largest absolute Gasteiger partial charge is 0.497 e. The topological polar surface area (TPSA) is 78.9 Å². The second kappa shape index (κ2) is 15.7. The van der Waals surface area contributed by atoms with E-state index in [2.05, 4.69) is 36.4 Å². The van der Waals surface area contributed by atoms with Gasteiger partial charge in [0.25, 0.3) is 0 Å². The maximum atomic E-state index is 10.8. The number of methoxy groups -OCH3 is 3. The molecule has 43 heavy (non-hydrogen) atoms. The van der Waals surface area contributed by atoms with Crippen molar-refractivity contribution >= 4 is 28.1 Å². The lowest BCUT2D eigenvalue weighted by Gasteiger charge is -2.07. The average Bonchev–Trinajstić information content (AvgIpc) is 3.05. The van der Waals surface area contributed by atoms with Gasteiger partial charge in [-0.15, -0.1) is 0 Å². The normalized spacial score (nSPS) is 9.91. The van der Waals surface area contributed by atoms with Gasteiger partial charge >= 0.3 is 0 Å². The Morgan fingerprint density at radius 2 is 0.721 bits per heavy atom. The SMILES string of the molecule is CC(=O)c1ccc(C(C)=O)cc1.COc1ccc(-c2ccc3cc(OC)ccc3c2)cc1.COc1ccc(C(C)=O)cc1. The summed E-state index contributed by atoms with van der Waals surface area (Å²) in [5.74, 6) is 2.65. The molecule has 220 valence electrons. The number of hydrogen-bond donors (Lipinski definition) is 0. The number of rotatable bonds is 7. The molecule has 0 radical (unpaired) electrons. The zero-order chi connectivity index (χ0) is 31.4. The van der Waals surface area contributed by atoms with Gasteiger partial charge in [0, 0.05) is 16.7 Å². The minimum atomic E-state index is 0.0186. The highest BCUT2D eigenvalue weighted by Crippen LogP contribution is 2.28. The first-order valence-corrected chi connectivity index (χ1v) is 13.6. The van der Waals surface area contributed by atoms with E-state index in [1.165, 1.54) is 35.7 Å². The molecule has 6 nitrogen and oxygen atoms in total. The van der Waals surface area contributed by atoms with Crippen LogP contribution >= 0.6 is 0 Å². The minimum Gasteiger partial charge on any atom is -0.497 e. The van der Waals surface area contributed by atoms with Crippen LogP contribution < -0.4 is 14.2 Å². The van der Waals surface area contributed by atoms with Gasteiger partial charge < -0.3 is 14.2 Å². The van der Waals surface area contributed by atoms with Crippen molar-refractivity contribution in [2.45, 2.75) is 20.8 Å². The molecule has 0 aliphatic rings. The van der Waals surface area contributed by atoms with Crippen molar-refractivity contribution in [1.29, 1.82) is 0 Å². The molecular weight excluding hydrogens is 540 g/mol.